The maximum Gasteiger partial charge on any atom is 0.205 e. The fraction of sp³-hybridized carbons (Fsp3) is 0.471. The Morgan fingerprint density at radius 3 is 2.37 bits per heavy atom. The molecule has 2 heteroatoms. The molecule has 100 valence electrons. The van der Waals surface area contributed by atoms with Crippen molar-refractivity contribution in [1.82, 2.24) is 4.90 Å². The molecule has 0 N–H and O–H groups in total. The maximum absolute atomic E-state index is 2.56. The Bertz CT molecular complexity index is 505. The normalized spacial score (nSPS) is 22.1. The summed E-state index contributed by atoms with van der Waals surface area (Å²) in [6, 6.07) is 10.7. The number of para-hydroxylation sites is 1. The summed E-state index contributed by atoms with van der Waals surface area (Å²) in [5, 5.41) is 0. The Hall–Kier alpha value is -1.57. The first-order chi connectivity index (χ1) is 9.17. The van der Waals surface area contributed by atoms with E-state index >= 15 is 0 Å². The number of likely N-dealkylation sites (tertiary alicyclic amines) is 1. The lowest BCUT2D eigenvalue weighted by molar-refractivity contribution is -0.522. The molecule has 1 saturated heterocycles. The average Bonchev–Trinajstić information content (AvgIpc) is 2.92. The molecule has 1 aromatic carbocycles. The predicted molar refractivity (Wildman–Crippen MR) is 80.0 cm³/mol. The second-order valence-corrected chi connectivity index (χ2v) is 6.20. The van der Waals surface area contributed by atoms with Crippen LogP contribution in [0.5, 0.6) is 0 Å². The summed E-state index contributed by atoms with van der Waals surface area (Å²) in [5.74, 6) is 0. The minimum Gasteiger partial charge on any atom is -0.374 e. The number of allylic oxidation sites excluding steroid dienone is 1. The zero-order valence-electron chi connectivity index (χ0n) is 12.0. The monoisotopic (exact) mass is 255 g/mol. The molecule has 0 atom stereocenters. The molecule has 19 heavy (non-hydrogen) atoms. The van der Waals surface area contributed by atoms with E-state index in [9.17, 15) is 0 Å². The van der Waals surface area contributed by atoms with E-state index in [1.165, 1.54) is 37.3 Å². The van der Waals surface area contributed by atoms with E-state index in [2.05, 4.69) is 65.9 Å². The van der Waals surface area contributed by atoms with Gasteiger partial charge in [-0.1, -0.05) is 18.2 Å². The highest BCUT2D eigenvalue weighted by molar-refractivity contribution is 5.70. The minimum absolute atomic E-state index is 0.147. The van der Waals surface area contributed by atoms with Gasteiger partial charge in [0.25, 0.3) is 0 Å². The summed E-state index contributed by atoms with van der Waals surface area (Å²) < 4.78 is 2.40. The fourth-order valence-electron chi connectivity index (χ4n) is 3.20. The van der Waals surface area contributed by atoms with E-state index in [1.54, 1.807) is 0 Å². The van der Waals surface area contributed by atoms with Crippen molar-refractivity contribution in [3.05, 3.63) is 42.1 Å². The van der Waals surface area contributed by atoms with Gasteiger partial charge in [0.2, 0.25) is 5.69 Å². The Kier molecular flexibility index (Phi) is 3.17. The first-order valence-corrected chi connectivity index (χ1v) is 7.30. The van der Waals surface area contributed by atoms with Gasteiger partial charge in [0.1, 0.15) is 0 Å². The van der Waals surface area contributed by atoms with Gasteiger partial charge in [-0.3, -0.25) is 0 Å². The average molecular weight is 255 g/mol. The Morgan fingerprint density at radius 2 is 1.74 bits per heavy atom. The zero-order valence-corrected chi connectivity index (χ0v) is 12.0. The molecular weight excluding hydrogens is 232 g/mol. The van der Waals surface area contributed by atoms with Crippen LogP contribution in [0.25, 0.3) is 0 Å². The van der Waals surface area contributed by atoms with Gasteiger partial charge in [-0.25, -0.2) is 0 Å². The van der Waals surface area contributed by atoms with Crippen LogP contribution in [0.3, 0.4) is 0 Å². The van der Waals surface area contributed by atoms with Gasteiger partial charge < -0.3 is 4.90 Å². The highest BCUT2D eigenvalue weighted by Crippen LogP contribution is 2.31. The molecule has 2 nitrogen and oxygen atoms in total. The van der Waals surface area contributed by atoms with Crippen LogP contribution in [0.4, 0.5) is 5.69 Å². The molecule has 0 amide bonds. The molecule has 2 aliphatic heterocycles. The predicted octanol–water partition coefficient (Wildman–Crippen LogP) is 3.56. The van der Waals surface area contributed by atoms with Crippen molar-refractivity contribution in [2.75, 3.05) is 13.1 Å². The van der Waals surface area contributed by atoms with Crippen molar-refractivity contribution < 1.29 is 4.58 Å². The lowest BCUT2D eigenvalue weighted by atomic mass is 9.93. The largest absolute Gasteiger partial charge is 0.374 e. The zero-order chi connectivity index (χ0) is 13.3. The van der Waals surface area contributed by atoms with Gasteiger partial charge in [0, 0.05) is 50.8 Å². The van der Waals surface area contributed by atoms with Crippen LogP contribution in [0.1, 0.15) is 33.1 Å². The second-order valence-electron chi connectivity index (χ2n) is 6.20. The van der Waals surface area contributed by atoms with E-state index in [0.29, 0.717) is 0 Å². The first-order valence-electron chi connectivity index (χ1n) is 7.30. The number of rotatable bonds is 2. The van der Waals surface area contributed by atoms with Gasteiger partial charge in [-0.15, -0.1) is 0 Å². The highest BCUT2D eigenvalue weighted by Gasteiger charge is 2.37. The smallest absolute Gasteiger partial charge is 0.205 e. The van der Waals surface area contributed by atoms with Gasteiger partial charge in [0.15, 0.2) is 11.8 Å². The topological polar surface area (TPSA) is 6.25 Å². The Morgan fingerprint density at radius 1 is 1.05 bits per heavy atom. The molecule has 2 aliphatic rings. The van der Waals surface area contributed by atoms with Crippen LogP contribution in [0.2, 0.25) is 0 Å². The minimum atomic E-state index is 0.147. The summed E-state index contributed by atoms with van der Waals surface area (Å²) in [5.41, 5.74) is 2.94. The van der Waals surface area contributed by atoms with Crippen LogP contribution >= 0.6 is 0 Å². The van der Waals surface area contributed by atoms with Gasteiger partial charge in [0.05, 0.1) is 6.42 Å². The molecule has 2 heterocycles. The van der Waals surface area contributed by atoms with Crippen molar-refractivity contribution in [2.24, 2.45) is 0 Å². The van der Waals surface area contributed by atoms with E-state index in [4.69, 9.17) is 0 Å². The lowest BCUT2D eigenvalue weighted by Gasteiger charge is -2.31. The molecule has 0 saturated carbocycles. The summed E-state index contributed by atoms with van der Waals surface area (Å²) in [6.07, 6.45) is 8.38. The third-order valence-corrected chi connectivity index (χ3v) is 4.23. The van der Waals surface area contributed by atoms with Crippen LogP contribution in [-0.4, -0.2) is 34.3 Å². The molecule has 1 fully saturated rings. The van der Waals surface area contributed by atoms with Crippen molar-refractivity contribution in [1.29, 1.82) is 0 Å². The number of hydrogen-bond acceptors (Lipinski definition) is 1. The van der Waals surface area contributed by atoms with Crippen LogP contribution in [0.15, 0.2) is 42.1 Å². The Balaban J connectivity index is 1.92. The van der Waals surface area contributed by atoms with E-state index in [-0.39, 0.29) is 5.54 Å². The number of nitrogens with zero attached hydrogens (tertiary/aromatic N) is 2. The molecule has 3 rings (SSSR count). The molecule has 0 unspecified atom stereocenters. The van der Waals surface area contributed by atoms with Crippen LogP contribution < -0.4 is 0 Å². The summed E-state index contributed by atoms with van der Waals surface area (Å²) in [4.78, 5) is 2.56. The third kappa shape index (κ3) is 2.44. The molecule has 0 aliphatic carbocycles. The second kappa shape index (κ2) is 4.84. The molecular formula is C17H23N2+. The van der Waals surface area contributed by atoms with E-state index in [1.807, 2.05) is 0 Å². The number of hydrogen-bond donors (Lipinski definition) is 0. The fourth-order valence-corrected chi connectivity index (χ4v) is 3.20. The van der Waals surface area contributed by atoms with Crippen molar-refractivity contribution in [3.63, 3.8) is 0 Å². The van der Waals surface area contributed by atoms with E-state index in [0.717, 1.165) is 6.42 Å². The Labute approximate surface area is 116 Å². The van der Waals surface area contributed by atoms with Crippen molar-refractivity contribution in [3.8, 4) is 0 Å². The quantitative estimate of drug-likeness (QED) is 0.732. The molecule has 0 spiro atoms. The van der Waals surface area contributed by atoms with E-state index < -0.39 is 0 Å². The molecule has 0 aromatic heterocycles. The summed E-state index contributed by atoms with van der Waals surface area (Å²) in [6.45, 7) is 7.14. The lowest BCUT2D eigenvalue weighted by Crippen LogP contribution is -2.39. The van der Waals surface area contributed by atoms with Gasteiger partial charge in [-0.2, -0.15) is 4.58 Å². The van der Waals surface area contributed by atoms with Crippen LogP contribution in [0, 0.1) is 0 Å². The molecule has 0 radical (unpaired) electrons. The van der Waals surface area contributed by atoms with Crippen LogP contribution in [-0.2, 0) is 0 Å². The maximum atomic E-state index is 2.56. The first kappa shape index (κ1) is 12.5. The van der Waals surface area contributed by atoms with Gasteiger partial charge in [-0.05, 0) is 12.8 Å². The molecule has 1 aromatic rings. The highest BCUT2D eigenvalue weighted by atomic mass is 15.2. The van der Waals surface area contributed by atoms with Gasteiger partial charge >= 0.3 is 0 Å². The van der Waals surface area contributed by atoms with Crippen molar-refractivity contribution >= 4 is 11.9 Å². The SMILES string of the molecule is CC1(C)CC(N2CCCC2)=CC=[N+]1c1ccccc1. The summed E-state index contributed by atoms with van der Waals surface area (Å²) in [7, 11) is 0. The molecule has 0 bridgehead atoms. The number of benzene rings is 1. The summed E-state index contributed by atoms with van der Waals surface area (Å²) >= 11 is 0. The standard InChI is InChI=1S/C17H23N2/c1-17(2)14-16(18-11-6-7-12-18)10-13-19(17)15-8-4-3-5-9-15/h3-5,8-10,13H,6-7,11-12,14H2,1-2H3/q+1. The van der Waals surface area contributed by atoms with Crippen molar-refractivity contribution in [2.45, 2.75) is 38.6 Å². The third-order valence-electron chi connectivity index (χ3n) is 4.23.